The molecule has 0 saturated heterocycles. The van der Waals surface area contributed by atoms with Crippen LogP contribution >= 0.6 is 0 Å². The lowest BCUT2D eigenvalue weighted by molar-refractivity contribution is 0.102. The maximum absolute atomic E-state index is 12.8. The fourth-order valence-corrected chi connectivity index (χ4v) is 4.26. The molecule has 158 valence electrons. The number of carbonyl (C=O) groups is 1. The van der Waals surface area contributed by atoms with E-state index in [4.69, 9.17) is 4.74 Å². The van der Waals surface area contributed by atoms with Gasteiger partial charge in [0, 0.05) is 29.9 Å². The van der Waals surface area contributed by atoms with Crippen molar-refractivity contribution in [3.63, 3.8) is 0 Å². The SMILES string of the molecule is COc1ccc(C(=O)Nc2cccc(-c3nnnn3C)c2)cc1S(=O)(=O)NC(C)C. The highest BCUT2D eigenvalue weighted by Crippen LogP contribution is 2.26. The summed E-state index contributed by atoms with van der Waals surface area (Å²) in [5.74, 6) is 0.229. The number of sulfonamides is 1. The van der Waals surface area contributed by atoms with E-state index in [2.05, 4.69) is 25.6 Å². The summed E-state index contributed by atoms with van der Waals surface area (Å²) in [5.41, 5.74) is 1.41. The van der Waals surface area contributed by atoms with E-state index in [1.807, 2.05) is 6.07 Å². The number of nitrogens with zero attached hydrogens (tertiary/aromatic N) is 4. The Kier molecular flexibility index (Phi) is 6.13. The molecule has 0 aliphatic carbocycles. The van der Waals surface area contributed by atoms with Gasteiger partial charge in [0.2, 0.25) is 10.0 Å². The van der Waals surface area contributed by atoms with E-state index in [0.29, 0.717) is 11.5 Å². The number of benzene rings is 2. The quantitative estimate of drug-likeness (QED) is 0.585. The molecule has 0 atom stereocenters. The maximum Gasteiger partial charge on any atom is 0.255 e. The van der Waals surface area contributed by atoms with E-state index in [-0.39, 0.29) is 22.3 Å². The van der Waals surface area contributed by atoms with Gasteiger partial charge in [-0.2, -0.15) is 0 Å². The summed E-state index contributed by atoms with van der Waals surface area (Å²) >= 11 is 0. The number of nitrogens with one attached hydrogen (secondary N) is 2. The molecule has 0 saturated carbocycles. The van der Waals surface area contributed by atoms with Crippen LogP contribution in [0.4, 0.5) is 5.69 Å². The van der Waals surface area contributed by atoms with E-state index in [1.54, 1.807) is 39.1 Å². The summed E-state index contributed by atoms with van der Waals surface area (Å²) in [6.45, 7) is 3.42. The zero-order valence-electron chi connectivity index (χ0n) is 16.9. The number of aromatic nitrogens is 4. The monoisotopic (exact) mass is 430 g/mol. The van der Waals surface area contributed by atoms with Gasteiger partial charge in [-0.15, -0.1) is 5.10 Å². The Morgan fingerprint density at radius 1 is 1.17 bits per heavy atom. The third-order valence-corrected chi connectivity index (χ3v) is 5.78. The van der Waals surface area contributed by atoms with Crippen molar-refractivity contribution < 1.29 is 17.9 Å². The number of rotatable bonds is 7. The van der Waals surface area contributed by atoms with Crippen LogP contribution in [0, 0.1) is 0 Å². The second kappa shape index (κ2) is 8.59. The topological polar surface area (TPSA) is 128 Å². The highest BCUT2D eigenvalue weighted by atomic mass is 32.2. The lowest BCUT2D eigenvalue weighted by Crippen LogP contribution is -2.30. The minimum Gasteiger partial charge on any atom is -0.495 e. The molecule has 0 unspecified atom stereocenters. The summed E-state index contributed by atoms with van der Waals surface area (Å²) in [4.78, 5) is 12.7. The molecule has 10 nitrogen and oxygen atoms in total. The Morgan fingerprint density at radius 3 is 2.57 bits per heavy atom. The van der Waals surface area contributed by atoms with E-state index in [9.17, 15) is 13.2 Å². The smallest absolute Gasteiger partial charge is 0.255 e. The van der Waals surface area contributed by atoms with Crippen LogP contribution in [0.25, 0.3) is 11.4 Å². The number of tetrazole rings is 1. The number of methoxy groups -OCH3 is 1. The molecule has 11 heteroatoms. The molecule has 1 aromatic heterocycles. The molecular weight excluding hydrogens is 408 g/mol. The minimum atomic E-state index is -3.85. The first-order valence-electron chi connectivity index (χ1n) is 9.06. The molecule has 0 aliphatic heterocycles. The van der Waals surface area contributed by atoms with Crippen molar-refractivity contribution in [3.8, 4) is 17.1 Å². The minimum absolute atomic E-state index is 0.106. The Balaban J connectivity index is 1.89. The largest absolute Gasteiger partial charge is 0.495 e. The van der Waals surface area contributed by atoms with Crippen molar-refractivity contribution in [1.29, 1.82) is 0 Å². The van der Waals surface area contributed by atoms with Gasteiger partial charge in [-0.05, 0) is 54.6 Å². The molecule has 3 rings (SSSR count). The van der Waals surface area contributed by atoms with Gasteiger partial charge in [0.15, 0.2) is 5.82 Å². The molecule has 2 N–H and O–H groups in total. The number of anilines is 1. The van der Waals surface area contributed by atoms with Gasteiger partial charge < -0.3 is 10.1 Å². The van der Waals surface area contributed by atoms with Crippen LogP contribution in [-0.4, -0.2) is 47.7 Å². The van der Waals surface area contributed by atoms with Gasteiger partial charge in [0.05, 0.1) is 7.11 Å². The number of amides is 1. The molecular formula is C19H22N6O4S. The number of hydrogen-bond donors (Lipinski definition) is 2. The van der Waals surface area contributed by atoms with E-state index in [0.717, 1.165) is 5.56 Å². The van der Waals surface area contributed by atoms with Gasteiger partial charge in [-0.3, -0.25) is 4.79 Å². The van der Waals surface area contributed by atoms with Crippen LogP contribution in [0.2, 0.25) is 0 Å². The lowest BCUT2D eigenvalue weighted by Gasteiger charge is -2.14. The Bertz CT molecular complexity index is 1170. The lowest BCUT2D eigenvalue weighted by atomic mass is 10.1. The number of ether oxygens (including phenoxy) is 1. The molecule has 30 heavy (non-hydrogen) atoms. The standard InChI is InChI=1S/C19H22N6O4S/c1-12(2)22-30(27,28)17-11-14(8-9-16(17)29-4)19(26)20-15-7-5-6-13(10-15)18-21-23-24-25(18)3/h5-12,22H,1-4H3,(H,20,26). The Hall–Kier alpha value is -3.31. The highest BCUT2D eigenvalue weighted by Gasteiger charge is 2.22. The van der Waals surface area contributed by atoms with E-state index >= 15 is 0 Å². The highest BCUT2D eigenvalue weighted by molar-refractivity contribution is 7.89. The number of hydrogen-bond acceptors (Lipinski definition) is 7. The van der Waals surface area contributed by atoms with E-state index < -0.39 is 15.9 Å². The molecule has 0 bridgehead atoms. The van der Waals surface area contributed by atoms with Crippen LogP contribution in [0.5, 0.6) is 5.75 Å². The third-order valence-electron chi connectivity index (χ3n) is 4.10. The number of carbonyl (C=O) groups excluding carboxylic acids is 1. The maximum atomic E-state index is 12.8. The van der Waals surface area contributed by atoms with Crippen LogP contribution in [0.1, 0.15) is 24.2 Å². The predicted molar refractivity (Wildman–Crippen MR) is 111 cm³/mol. The average molecular weight is 430 g/mol. The van der Waals surface area contributed by atoms with Gasteiger partial charge in [0.1, 0.15) is 10.6 Å². The van der Waals surface area contributed by atoms with Crippen molar-refractivity contribution in [3.05, 3.63) is 48.0 Å². The second-order valence-corrected chi connectivity index (χ2v) is 8.49. The summed E-state index contributed by atoms with van der Waals surface area (Å²) in [6, 6.07) is 10.9. The van der Waals surface area contributed by atoms with Crippen LogP contribution < -0.4 is 14.8 Å². The summed E-state index contributed by atoms with van der Waals surface area (Å²) in [5, 5.41) is 14.1. The molecule has 0 fully saturated rings. The zero-order chi connectivity index (χ0) is 21.9. The van der Waals surface area contributed by atoms with Crippen molar-refractivity contribution in [2.75, 3.05) is 12.4 Å². The summed E-state index contributed by atoms with van der Waals surface area (Å²) in [6.07, 6.45) is 0. The van der Waals surface area contributed by atoms with Crippen LogP contribution in [0.15, 0.2) is 47.4 Å². The summed E-state index contributed by atoms with van der Waals surface area (Å²) < 4.78 is 34.4. The van der Waals surface area contributed by atoms with Gasteiger partial charge >= 0.3 is 0 Å². The normalized spacial score (nSPS) is 11.5. The predicted octanol–water partition coefficient (Wildman–Crippen LogP) is 1.82. The van der Waals surface area contributed by atoms with Gasteiger partial charge in [-0.1, -0.05) is 12.1 Å². The zero-order valence-corrected chi connectivity index (χ0v) is 17.8. The van der Waals surface area contributed by atoms with Crippen molar-refractivity contribution in [1.82, 2.24) is 24.9 Å². The first-order valence-corrected chi connectivity index (χ1v) is 10.5. The van der Waals surface area contributed by atoms with Gasteiger partial charge in [-0.25, -0.2) is 17.8 Å². The second-order valence-electron chi connectivity index (χ2n) is 6.80. The Labute approximate surface area is 174 Å². The summed E-state index contributed by atoms with van der Waals surface area (Å²) in [7, 11) is -0.767. The van der Waals surface area contributed by atoms with Crippen molar-refractivity contribution in [2.45, 2.75) is 24.8 Å². The fraction of sp³-hybridized carbons (Fsp3) is 0.263. The molecule has 2 aromatic carbocycles. The third kappa shape index (κ3) is 4.63. The van der Waals surface area contributed by atoms with Crippen LogP contribution in [-0.2, 0) is 17.1 Å². The van der Waals surface area contributed by atoms with Gasteiger partial charge in [0.25, 0.3) is 5.91 Å². The van der Waals surface area contributed by atoms with E-state index in [1.165, 1.54) is 30.0 Å². The molecule has 1 heterocycles. The molecule has 0 aliphatic rings. The number of aryl methyl sites for hydroxylation is 1. The van der Waals surface area contributed by atoms with Crippen molar-refractivity contribution in [2.24, 2.45) is 7.05 Å². The molecule has 1 amide bonds. The molecule has 0 spiro atoms. The molecule has 3 aromatic rings. The molecule has 0 radical (unpaired) electrons. The van der Waals surface area contributed by atoms with Crippen LogP contribution in [0.3, 0.4) is 0 Å². The average Bonchev–Trinajstić information content (AvgIpc) is 3.12. The first-order chi connectivity index (χ1) is 14.2. The van der Waals surface area contributed by atoms with Crippen molar-refractivity contribution >= 4 is 21.6 Å². The Morgan fingerprint density at radius 2 is 1.93 bits per heavy atom. The first kappa shape index (κ1) is 21.4. The fourth-order valence-electron chi connectivity index (χ4n) is 2.82.